The lowest BCUT2D eigenvalue weighted by Crippen LogP contribution is -2.32. The molecule has 1 aromatic carbocycles. The monoisotopic (exact) mass is 390 g/mol. The molecule has 1 N–H and O–H groups in total. The van der Waals surface area contributed by atoms with Crippen LogP contribution in [0.5, 0.6) is 0 Å². The predicted octanol–water partition coefficient (Wildman–Crippen LogP) is 1.94. The molecule has 0 fully saturated rings. The minimum Gasteiger partial charge on any atom is -0.268 e. The Morgan fingerprint density at radius 2 is 1.85 bits per heavy atom. The van der Waals surface area contributed by atoms with Crippen LogP contribution in [-0.2, 0) is 16.6 Å². The van der Waals surface area contributed by atoms with Crippen molar-refractivity contribution in [2.75, 3.05) is 6.54 Å². The van der Waals surface area contributed by atoms with Crippen molar-refractivity contribution >= 4 is 21.6 Å². The number of aromatic nitrogens is 3. The second-order valence-electron chi connectivity index (χ2n) is 5.37. The second kappa shape index (κ2) is 7.77. The van der Waals surface area contributed by atoms with Crippen LogP contribution in [0.1, 0.15) is 0 Å². The van der Waals surface area contributed by atoms with E-state index in [0.717, 1.165) is 5.56 Å². The van der Waals surface area contributed by atoms with Crippen molar-refractivity contribution < 1.29 is 8.42 Å². The van der Waals surface area contributed by atoms with Crippen LogP contribution in [0, 0.1) is 0 Å². The van der Waals surface area contributed by atoms with E-state index in [-0.39, 0.29) is 23.5 Å². The van der Waals surface area contributed by atoms with Crippen LogP contribution in [-0.4, -0.2) is 29.7 Å². The van der Waals surface area contributed by atoms with E-state index in [1.165, 1.54) is 35.3 Å². The number of rotatable bonds is 6. The van der Waals surface area contributed by atoms with Gasteiger partial charge in [-0.1, -0.05) is 23.7 Å². The van der Waals surface area contributed by atoms with Crippen LogP contribution in [0.25, 0.3) is 11.3 Å². The highest BCUT2D eigenvalue weighted by molar-refractivity contribution is 7.89. The molecule has 0 aliphatic rings. The fourth-order valence-electron chi connectivity index (χ4n) is 2.26. The Bertz CT molecular complexity index is 1050. The van der Waals surface area contributed by atoms with Gasteiger partial charge in [0, 0.05) is 35.6 Å². The zero-order valence-electron chi connectivity index (χ0n) is 13.5. The number of benzene rings is 1. The van der Waals surface area contributed by atoms with Gasteiger partial charge in [0.15, 0.2) is 0 Å². The van der Waals surface area contributed by atoms with E-state index < -0.39 is 10.0 Å². The summed E-state index contributed by atoms with van der Waals surface area (Å²) >= 11 is 5.87. The summed E-state index contributed by atoms with van der Waals surface area (Å²) in [6.45, 7) is 0.119. The number of hydrogen-bond donors (Lipinski definition) is 1. The van der Waals surface area contributed by atoms with E-state index in [9.17, 15) is 13.2 Å². The fraction of sp³-hybridized carbons (Fsp3) is 0.118. The lowest BCUT2D eigenvalue weighted by molar-refractivity contribution is 0.548. The summed E-state index contributed by atoms with van der Waals surface area (Å²) in [6.07, 6.45) is 2.75. The SMILES string of the molecule is O=c1ccc(-c2ccc(Cl)cc2)nn1CCNS(=O)(=O)c1cccnc1. The Labute approximate surface area is 155 Å². The molecule has 0 saturated heterocycles. The Morgan fingerprint density at radius 1 is 1.08 bits per heavy atom. The largest absolute Gasteiger partial charge is 0.268 e. The second-order valence-corrected chi connectivity index (χ2v) is 7.58. The van der Waals surface area contributed by atoms with Gasteiger partial charge in [-0.2, -0.15) is 5.10 Å². The van der Waals surface area contributed by atoms with Gasteiger partial charge < -0.3 is 0 Å². The molecule has 2 heterocycles. The number of pyridine rings is 1. The average molecular weight is 391 g/mol. The van der Waals surface area contributed by atoms with Crippen LogP contribution in [0.15, 0.2) is 70.6 Å². The summed E-state index contributed by atoms with van der Waals surface area (Å²) in [5, 5.41) is 4.88. The molecule has 3 rings (SSSR count). The summed E-state index contributed by atoms with van der Waals surface area (Å²) in [5.74, 6) is 0. The Kier molecular flexibility index (Phi) is 5.46. The minimum atomic E-state index is -3.68. The Balaban J connectivity index is 1.73. The molecule has 0 atom stereocenters. The highest BCUT2D eigenvalue weighted by Crippen LogP contribution is 2.18. The van der Waals surface area contributed by atoms with Crippen molar-refractivity contribution in [2.45, 2.75) is 11.4 Å². The number of nitrogens with zero attached hydrogens (tertiary/aromatic N) is 3. The van der Waals surface area contributed by atoms with Crippen LogP contribution < -0.4 is 10.3 Å². The smallest absolute Gasteiger partial charge is 0.266 e. The molecule has 3 aromatic rings. The maximum absolute atomic E-state index is 12.2. The van der Waals surface area contributed by atoms with Gasteiger partial charge >= 0.3 is 0 Å². The third-order valence-electron chi connectivity index (χ3n) is 3.57. The number of nitrogens with one attached hydrogen (secondary N) is 1. The van der Waals surface area contributed by atoms with E-state index in [2.05, 4.69) is 14.8 Å². The topological polar surface area (TPSA) is 94.0 Å². The highest BCUT2D eigenvalue weighted by atomic mass is 35.5. The van der Waals surface area contributed by atoms with Crippen LogP contribution in [0.3, 0.4) is 0 Å². The lowest BCUT2D eigenvalue weighted by atomic mass is 10.1. The minimum absolute atomic E-state index is 0.0220. The molecule has 2 aromatic heterocycles. The summed E-state index contributed by atoms with van der Waals surface area (Å²) in [4.78, 5) is 15.8. The van der Waals surface area contributed by atoms with Crippen molar-refractivity contribution in [3.63, 3.8) is 0 Å². The van der Waals surface area contributed by atoms with Crippen LogP contribution >= 0.6 is 11.6 Å². The normalized spacial score (nSPS) is 11.4. The average Bonchev–Trinajstić information content (AvgIpc) is 2.65. The van der Waals surface area contributed by atoms with Gasteiger partial charge in [-0.3, -0.25) is 9.78 Å². The van der Waals surface area contributed by atoms with Gasteiger partial charge in [0.25, 0.3) is 5.56 Å². The molecule has 9 heteroatoms. The lowest BCUT2D eigenvalue weighted by Gasteiger charge is -2.09. The zero-order chi connectivity index (χ0) is 18.6. The molecule has 0 unspecified atom stereocenters. The van der Waals surface area contributed by atoms with Gasteiger partial charge in [0.1, 0.15) is 4.90 Å². The van der Waals surface area contributed by atoms with Crippen molar-refractivity contribution in [2.24, 2.45) is 0 Å². The van der Waals surface area contributed by atoms with Gasteiger partial charge in [0.2, 0.25) is 10.0 Å². The van der Waals surface area contributed by atoms with E-state index in [0.29, 0.717) is 10.7 Å². The Hall–Kier alpha value is -2.55. The molecule has 0 aliphatic heterocycles. The first-order chi connectivity index (χ1) is 12.5. The van der Waals surface area contributed by atoms with Crippen LogP contribution in [0.2, 0.25) is 5.02 Å². The first-order valence-corrected chi connectivity index (χ1v) is 9.56. The van der Waals surface area contributed by atoms with Gasteiger partial charge in [-0.15, -0.1) is 0 Å². The number of halogens is 1. The number of sulfonamides is 1. The van der Waals surface area contributed by atoms with Crippen molar-refractivity contribution in [3.8, 4) is 11.3 Å². The molecule has 0 radical (unpaired) electrons. The number of hydrogen-bond acceptors (Lipinski definition) is 5. The van der Waals surface area contributed by atoms with Gasteiger partial charge in [-0.05, 0) is 30.3 Å². The predicted molar refractivity (Wildman–Crippen MR) is 98.4 cm³/mol. The van der Waals surface area contributed by atoms with E-state index >= 15 is 0 Å². The summed E-state index contributed by atoms with van der Waals surface area (Å²) < 4.78 is 28.0. The van der Waals surface area contributed by atoms with Crippen molar-refractivity contribution in [1.82, 2.24) is 19.5 Å². The van der Waals surface area contributed by atoms with Gasteiger partial charge in [0.05, 0.1) is 12.2 Å². The van der Waals surface area contributed by atoms with E-state index in [1.807, 2.05) is 0 Å². The standard InChI is InChI=1S/C17H15ClN4O3S/c18-14-5-3-13(4-6-14)16-7-8-17(23)22(21-16)11-10-20-26(24,25)15-2-1-9-19-12-15/h1-9,12,20H,10-11H2. The first-order valence-electron chi connectivity index (χ1n) is 7.69. The molecular weight excluding hydrogens is 376 g/mol. The molecule has 134 valence electrons. The molecular formula is C17H15ClN4O3S. The molecule has 0 aliphatic carbocycles. The third-order valence-corrected chi connectivity index (χ3v) is 5.27. The van der Waals surface area contributed by atoms with Gasteiger partial charge in [-0.25, -0.2) is 17.8 Å². The quantitative estimate of drug-likeness (QED) is 0.694. The van der Waals surface area contributed by atoms with E-state index in [1.54, 1.807) is 30.3 Å². The molecule has 26 heavy (non-hydrogen) atoms. The maximum atomic E-state index is 12.2. The third kappa shape index (κ3) is 4.34. The Morgan fingerprint density at radius 3 is 2.54 bits per heavy atom. The first kappa shape index (κ1) is 18.2. The van der Waals surface area contributed by atoms with Crippen LogP contribution in [0.4, 0.5) is 0 Å². The fourth-order valence-corrected chi connectivity index (χ4v) is 3.37. The maximum Gasteiger partial charge on any atom is 0.266 e. The summed E-state index contributed by atoms with van der Waals surface area (Å²) in [5.41, 5.74) is 1.08. The zero-order valence-corrected chi connectivity index (χ0v) is 15.1. The van der Waals surface area contributed by atoms with E-state index in [4.69, 9.17) is 11.6 Å². The summed E-state index contributed by atoms with van der Waals surface area (Å²) in [7, 11) is -3.68. The molecule has 0 amide bonds. The molecule has 0 spiro atoms. The molecule has 0 saturated carbocycles. The highest BCUT2D eigenvalue weighted by Gasteiger charge is 2.13. The molecule has 0 bridgehead atoms. The molecule has 7 nitrogen and oxygen atoms in total. The van der Waals surface area contributed by atoms with Crippen molar-refractivity contribution in [3.05, 3.63) is 76.3 Å². The summed E-state index contributed by atoms with van der Waals surface area (Å²) in [6, 6.07) is 13.0. The van der Waals surface area contributed by atoms with Crippen molar-refractivity contribution in [1.29, 1.82) is 0 Å².